The Morgan fingerprint density at radius 2 is 2.24 bits per heavy atom. The number of nitrogens with zero attached hydrogens (tertiary/aromatic N) is 1. The van der Waals surface area contributed by atoms with Gasteiger partial charge in [0.15, 0.2) is 5.17 Å². The zero-order chi connectivity index (χ0) is 12.9. The van der Waals surface area contributed by atoms with Gasteiger partial charge in [-0.2, -0.15) is 13.2 Å². The topological polar surface area (TPSA) is 24.4 Å². The van der Waals surface area contributed by atoms with Gasteiger partial charge >= 0.3 is 5.51 Å². The Bertz CT molecular complexity index is 267. The van der Waals surface area contributed by atoms with Crippen LogP contribution in [0.4, 0.5) is 13.2 Å². The Hall–Kier alpha value is -0.0400. The lowest BCUT2D eigenvalue weighted by atomic mass is 10.1. The number of thioether (sulfide) groups is 2. The Labute approximate surface area is 108 Å². The second kappa shape index (κ2) is 6.78. The van der Waals surface area contributed by atoms with Gasteiger partial charge in [0.1, 0.15) is 0 Å². The van der Waals surface area contributed by atoms with Gasteiger partial charge in [0.2, 0.25) is 0 Å². The molecular weight excluding hydrogens is 269 g/mol. The molecule has 0 aromatic carbocycles. The van der Waals surface area contributed by atoms with Crippen molar-refractivity contribution in [3.63, 3.8) is 0 Å². The lowest BCUT2D eigenvalue weighted by Gasteiger charge is -2.11. The molecule has 1 aliphatic heterocycles. The average Bonchev–Trinajstić information content (AvgIpc) is 2.58. The van der Waals surface area contributed by atoms with Gasteiger partial charge in [-0.1, -0.05) is 25.6 Å². The Morgan fingerprint density at radius 1 is 1.53 bits per heavy atom. The lowest BCUT2D eigenvalue weighted by molar-refractivity contribution is -0.0327. The number of alkyl halides is 3. The summed E-state index contributed by atoms with van der Waals surface area (Å²) in [4.78, 5) is 4.13. The molecule has 0 aromatic heterocycles. The molecule has 0 aromatic rings. The molecule has 0 radical (unpaired) electrons. The molecule has 0 spiro atoms. The molecule has 0 saturated carbocycles. The number of rotatable bonds is 5. The summed E-state index contributed by atoms with van der Waals surface area (Å²) >= 11 is 1.58. The number of aliphatic imine (C=N–C) groups is 1. The van der Waals surface area contributed by atoms with Crippen molar-refractivity contribution in [3.8, 4) is 0 Å². The summed E-state index contributed by atoms with van der Waals surface area (Å²) in [7, 11) is 0. The normalized spacial score (nSPS) is 23.4. The third-order valence-corrected chi connectivity index (χ3v) is 3.92. The molecule has 1 N–H and O–H groups in total. The van der Waals surface area contributed by atoms with E-state index in [2.05, 4.69) is 24.2 Å². The van der Waals surface area contributed by atoms with Crippen LogP contribution < -0.4 is 5.32 Å². The van der Waals surface area contributed by atoms with E-state index in [4.69, 9.17) is 0 Å². The number of amidine groups is 1. The highest BCUT2D eigenvalue weighted by Crippen LogP contribution is 2.29. The van der Waals surface area contributed by atoms with Crippen LogP contribution in [0.25, 0.3) is 0 Å². The quantitative estimate of drug-likeness (QED) is 0.784. The maximum absolute atomic E-state index is 11.9. The molecule has 1 aliphatic rings. The first-order valence-electron chi connectivity index (χ1n) is 5.51. The van der Waals surface area contributed by atoms with Crippen LogP contribution in [-0.4, -0.2) is 34.8 Å². The van der Waals surface area contributed by atoms with Crippen molar-refractivity contribution in [2.45, 2.75) is 31.8 Å². The summed E-state index contributed by atoms with van der Waals surface area (Å²) < 4.78 is 35.6. The first-order valence-corrected chi connectivity index (χ1v) is 7.48. The molecule has 0 aliphatic carbocycles. The van der Waals surface area contributed by atoms with Crippen molar-refractivity contribution < 1.29 is 13.2 Å². The van der Waals surface area contributed by atoms with E-state index < -0.39 is 5.51 Å². The Morgan fingerprint density at radius 3 is 2.82 bits per heavy atom. The van der Waals surface area contributed by atoms with Gasteiger partial charge in [-0.05, 0) is 24.1 Å². The molecule has 1 unspecified atom stereocenters. The second-order valence-corrected chi connectivity index (χ2v) is 6.43. The van der Waals surface area contributed by atoms with E-state index in [0.29, 0.717) is 12.0 Å². The molecule has 0 amide bonds. The van der Waals surface area contributed by atoms with Crippen molar-refractivity contribution >= 4 is 28.7 Å². The second-order valence-electron chi connectivity index (χ2n) is 4.26. The van der Waals surface area contributed by atoms with Crippen molar-refractivity contribution in [3.05, 3.63) is 0 Å². The zero-order valence-electron chi connectivity index (χ0n) is 9.88. The maximum atomic E-state index is 11.9. The van der Waals surface area contributed by atoms with Gasteiger partial charge in [-0.25, -0.2) is 0 Å². The van der Waals surface area contributed by atoms with Gasteiger partial charge < -0.3 is 5.32 Å². The highest BCUT2D eigenvalue weighted by molar-refractivity contribution is 8.14. The molecule has 1 atom stereocenters. The van der Waals surface area contributed by atoms with Gasteiger partial charge in [0, 0.05) is 17.5 Å². The van der Waals surface area contributed by atoms with Crippen LogP contribution in [0, 0.1) is 5.92 Å². The van der Waals surface area contributed by atoms with Gasteiger partial charge in [-0.3, -0.25) is 4.99 Å². The number of hydrogen-bond donors (Lipinski definition) is 1. The molecule has 1 fully saturated rings. The van der Waals surface area contributed by atoms with Crippen LogP contribution in [0.2, 0.25) is 0 Å². The van der Waals surface area contributed by atoms with Crippen LogP contribution in [0.1, 0.15) is 20.3 Å². The molecule has 0 bridgehead atoms. The summed E-state index contributed by atoms with van der Waals surface area (Å²) in [6, 6.07) is 0.411. The molecule has 1 heterocycles. The smallest absolute Gasteiger partial charge is 0.361 e. The average molecular weight is 286 g/mol. The van der Waals surface area contributed by atoms with E-state index in [1.54, 1.807) is 11.8 Å². The van der Waals surface area contributed by atoms with Crippen LogP contribution in [0.15, 0.2) is 4.99 Å². The highest BCUT2D eigenvalue weighted by Gasteiger charge is 2.27. The number of hydrogen-bond acceptors (Lipinski definition) is 3. The van der Waals surface area contributed by atoms with Crippen molar-refractivity contribution in [1.29, 1.82) is 0 Å². The SMILES string of the molecule is CC(C)CC1CSC(=NCCSC(F)(F)F)N1. The van der Waals surface area contributed by atoms with E-state index in [9.17, 15) is 13.2 Å². The minimum Gasteiger partial charge on any atom is -0.361 e. The zero-order valence-corrected chi connectivity index (χ0v) is 11.5. The first kappa shape index (κ1) is 15.0. The van der Waals surface area contributed by atoms with Gasteiger partial charge in [0.05, 0.1) is 6.54 Å². The van der Waals surface area contributed by atoms with Crippen LogP contribution in [0.3, 0.4) is 0 Å². The predicted octanol–water partition coefficient (Wildman–Crippen LogP) is 3.35. The molecular formula is C10H17F3N2S2. The molecule has 2 nitrogen and oxygen atoms in total. The number of halogens is 3. The molecule has 1 rings (SSSR count). The monoisotopic (exact) mass is 286 g/mol. The Kier molecular flexibility index (Phi) is 5.99. The fraction of sp³-hybridized carbons (Fsp3) is 0.900. The highest BCUT2D eigenvalue weighted by atomic mass is 32.2. The minimum atomic E-state index is -4.14. The van der Waals surface area contributed by atoms with E-state index in [1.807, 2.05) is 0 Å². The molecule has 1 saturated heterocycles. The third-order valence-electron chi connectivity index (χ3n) is 2.12. The lowest BCUT2D eigenvalue weighted by Crippen LogP contribution is -2.28. The predicted molar refractivity (Wildman–Crippen MR) is 69.7 cm³/mol. The molecule has 17 heavy (non-hydrogen) atoms. The van der Waals surface area contributed by atoms with E-state index in [0.717, 1.165) is 17.3 Å². The standard InChI is InChI=1S/C10H17F3N2S2/c1-7(2)5-8-6-16-9(15-8)14-3-4-17-10(11,12)13/h7-8H,3-6H2,1-2H3,(H,14,15). The van der Waals surface area contributed by atoms with E-state index in [-0.39, 0.29) is 24.1 Å². The summed E-state index contributed by atoms with van der Waals surface area (Å²) in [6.45, 7) is 4.52. The van der Waals surface area contributed by atoms with Gasteiger partial charge in [0.25, 0.3) is 0 Å². The van der Waals surface area contributed by atoms with Crippen molar-refractivity contribution in [2.24, 2.45) is 10.9 Å². The summed E-state index contributed by atoms with van der Waals surface area (Å²) in [6.07, 6.45) is 1.07. The van der Waals surface area contributed by atoms with Crippen LogP contribution in [0.5, 0.6) is 0 Å². The van der Waals surface area contributed by atoms with Crippen molar-refractivity contribution in [2.75, 3.05) is 18.1 Å². The first-order chi connectivity index (χ1) is 7.87. The third kappa shape index (κ3) is 7.08. The molecule has 100 valence electrons. The maximum Gasteiger partial charge on any atom is 0.441 e. The Balaban J connectivity index is 2.20. The van der Waals surface area contributed by atoms with Crippen LogP contribution in [-0.2, 0) is 0 Å². The largest absolute Gasteiger partial charge is 0.441 e. The van der Waals surface area contributed by atoms with Crippen molar-refractivity contribution in [1.82, 2.24) is 5.32 Å². The summed E-state index contributed by atoms with van der Waals surface area (Å²) in [5.74, 6) is 1.57. The van der Waals surface area contributed by atoms with Gasteiger partial charge in [-0.15, -0.1) is 0 Å². The fourth-order valence-electron chi connectivity index (χ4n) is 1.53. The van der Waals surface area contributed by atoms with E-state index >= 15 is 0 Å². The minimum absolute atomic E-state index is 0.00983. The summed E-state index contributed by atoms with van der Waals surface area (Å²) in [5, 5.41) is 4.03. The van der Waals surface area contributed by atoms with E-state index in [1.165, 1.54) is 0 Å². The van der Waals surface area contributed by atoms with Crippen LogP contribution >= 0.6 is 23.5 Å². The summed E-state index contributed by atoms with van der Waals surface area (Å²) in [5.41, 5.74) is -4.14. The molecule has 7 heteroatoms. The fourth-order valence-corrected chi connectivity index (χ4v) is 2.96. The number of nitrogens with one attached hydrogen (secondary N) is 1.